The van der Waals surface area contributed by atoms with Gasteiger partial charge in [-0.1, -0.05) is 30.2 Å². The summed E-state index contributed by atoms with van der Waals surface area (Å²) in [6.45, 7) is 4.03. The molecule has 0 spiro atoms. The van der Waals surface area contributed by atoms with Crippen LogP contribution in [0.4, 0.5) is 5.95 Å². The molecule has 8 nitrogen and oxygen atoms in total. The average Bonchev–Trinajstić information content (AvgIpc) is 3.03. The Hall–Kier alpha value is -2.90. The molecule has 0 saturated carbocycles. The van der Waals surface area contributed by atoms with Gasteiger partial charge in [0.05, 0.1) is 6.10 Å². The number of ether oxygens (including phenoxy) is 1. The van der Waals surface area contributed by atoms with Gasteiger partial charge in [-0.05, 0) is 35.9 Å². The summed E-state index contributed by atoms with van der Waals surface area (Å²) in [7, 11) is 0. The van der Waals surface area contributed by atoms with Crippen molar-refractivity contribution in [1.82, 2.24) is 20.2 Å². The maximum Gasteiger partial charge on any atom is 0.352 e. The first-order chi connectivity index (χ1) is 11.1. The van der Waals surface area contributed by atoms with Crippen LogP contribution in [0, 0.1) is 0 Å². The number of tetrazole rings is 1. The number of anilines is 1. The maximum atomic E-state index is 11.3. The zero-order valence-electron chi connectivity index (χ0n) is 12.8. The van der Waals surface area contributed by atoms with E-state index in [1.54, 1.807) is 6.08 Å². The average molecular weight is 315 g/mol. The van der Waals surface area contributed by atoms with Gasteiger partial charge in [0.1, 0.15) is 17.5 Å². The standard InChI is InChI=1S/C15H17N5O3/c1-3-9(2)23-13-7-5-4-6-10(13)12-8-11(14(21)22)16-15-17-18-19-20(12)15/h4-9,12H,3H2,1-2H3,(H,21,22)(H,16,17,19). The van der Waals surface area contributed by atoms with Crippen LogP contribution in [-0.2, 0) is 4.79 Å². The third-order valence-electron chi connectivity index (χ3n) is 3.70. The van der Waals surface area contributed by atoms with E-state index in [1.165, 1.54) is 4.68 Å². The third kappa shape index (κ3) is 2.87. The molecule has 0 radical (unpaired) electrons. The van der Waals surface area contributed by atoms with Crippen molar-refractivity contribution in [3.8, 4) is 5.75 Å². The van der Waals surface area contributed by atoms with Crippen LogP contribution in [-0.4, -0.2) is 37.4 Å². The van der Waals surface area contributed by atoms with E-state index in [0.29, 0.717) is 5.75 Å². The minimum absolute atomic E-state index is 0.0376. The van der Waals surface area contributed by atoms with E-state index in [9.17, 15) is 9.90 Å². The molecule has 0 aliphatic carbocycles. The molecule has 23 heavy (non-hydrogen) atoms. The van der Waals surface area contributed by atoms with Crippen LogP contribution in [0.5, 0.6) is 5.75 Å². The number of nitrogens with zero attached hydrogens (tertiary/aromatic N) is 4. The number of hydrogen-bond donors (Lipinski definition) is 2. The zero-order chi connectivity index (χ0) is 16.4. The molecule has 2 unspecified atom stereocenters. The molecular formula is C15H17N5O3. The molecule has 2 aromatic rings. The zero-order valence-corrected chi connectivity index (χ0v) is 12.8. The molecule has 2 heterocycles. The molecule has 0 fully saturated rings. The van der Waals surface area contributed by atoms with Crippen LogP contribution in [0.25, 0.3) is 0 Å². The Balaban J connectivity index is 2.06. The highest BCUT2D eigenvalue weighted by molar-refractivity contribution is 5.90. The van der Waals surface area contributed by atoms with Gasteiger partial charge in [0.2, 0.25) is 5.95 Å². The van der Waals surface area contributed by atoms with Crippen LogP contribution in [0.2, 0.25) is 0 Å². The molecule has 1 aromatic carbocycles. The lowest BCUT2D eigenvalue weighted by Crippen LogP contribution is -2.25. The Labute approximate surface area is 132 Å². The predicted octanol–water partition coefficient (Wildman–Crippen LogP) is 1.83. The number of aromatic nitrogens is 4. The van der Waals surface area contributed by atoms with Crippen LogP contribution >= 0.6 is 0 Å². The van der Waals surface area contributed by atoms with E-state index in [0.717, 1.165) is 12.0 Å². The van der Waals surface area contributed by atoms with Gasteiger partial charge < -0.3 is 15.2 Å². The van der Waals surface area contributed by atoms with E-state index in [4.69, 9.17) is 4.74 Å². The SMILES string of the molecule is CCC(C)Oc1ccccc1C1C=C(C(=O)O)Nc2nnnn21. The third-order valence-corrected chi connectivity index (χ3v) is 3.70. The molecule has 1 aliphatic heterocycles. The van der Waals surface area contributed by atoms with E-state index >= 15 is 0 Å². The summed E-state index contributed by atoms with van der Waals surface area (Å²) in [5, 5.41) is 23.4. The van der Waals surface area contributed by atoms with Crippen molar-refractivity contribution in [1.29, 1.82) is 0 Å². The lowest BCUT2D eigenvalue weighted by Gasteiger charge is -2.24. The molecule has 0 bridgehead atoms. The number of allylic oxidation sites excluding steroid dienone is 1. The van der Waals surface area contributed by atoms with Crippen LogP contribution in [0.15, 0.2) is 36.0 Å². The Morgan fingerprint density at radius 1 is 1.48 bits per heavy atom. The molecule has 1 aliphatic rings. The highest BCUT2D eigenvalue weighted by Gasteiger charge is 2.28. The molecule has 0 saturated heterocycles. The molecule has 8 heteroatoms. The summed E-state index contributed by atoms with van der Waals surface area (Å²) in [4.78, 5) is 11.3. The number of hydrogen-bond acceptors (Lipinski definition) is 6. The summed E-state index contributed by atoms with van der Waals surface area (Å²) in [6, 6.07) is 7.05. The first kappa shape index (κ1) is 15.0. The van der Waals surface area contributed by atoms with Crippen molar-refractivity contribution in [2.75, 3.05) is 5.32 Å². The second-order valence-corrected chi connectivity index (χ2v) is 5.28. The van der Waals surface area contributed by atoms with Crippen molar-refractivity contribution in [2.24, 2.45) is 0 Å². The van der Waals surface area contributed by atoms with Crippen molar-refractivity contribution < 1.29 is 14.6 Å². The van der Waals surface area contributed by atoms with Gasteiger partial charge in [-0.2, -0.15) is 4.68 Å². The molecule has 0 amide bonds. The Morgan fingerprint density at radius 2 is 2.26 bits per heavy atom. The fourth-order valence-corrected chi connectivity index (χ4v) is 2.33. The van der Waals surface area contributed by atoms with Crippen molar-refractivity contribution in [2.45, 2.75) is 32.4 Å². The van der Waals surface area contributed by atoms with Gasteiger partial charge in [0.25, 0.3) is 0 Å². The predicted molar refractivity (Wildman–Crippen MR) is 82.1 cm³/mol. The first-order valence-electron chi connectivity index (χ1n) is 7.35. The number of carbonyl (C=O) groups is 1. The summed E-state index contributed by atoms with van der Waals surface area (Å²) < 4.78 is 7.49. The van der Waals surface area contributed by atoms with Crippen molar-refractivity contribution >= 4 is 11.9 Å². The minimum atomic E-state index is -1.07. The van der Waals surface area contributed by atoms with E-state index in [2.05, 4.69) is 20.8 Å². The molecule has 1 aromatic heterocycles. The second-order valence-electron chi connectivity index (χ2n) is 5.28. The number of fused-ring (bicyclic) bond motifs is 1. The van der Waals surface area contributed by atoms with Gasteiger partial charge in [0, 0.05) is 5.56 Å². The van der Waals surface area contributed by atoms with Gasteiger partial charge in [0.15, 0.2) is 0 Å². The number of benzene rings is 1. The van der Waals surface area contributed by atoms with Gasteiger partial charge in [-0.15, -0.1) is 0 Å². The maximum absolute atomic E-state index is 11.3. The van der Waals surface area contributed by atoms with Crippen molar-refractivity contribution in [3.63, 3.8) is 0 Å². The molecule has 120 valence electrons. The summed E-state index contributed by atoms with van der Waals surface area (Å²) in [6.07, 6.45) is 2.49. The van der Waals surface area contributed by atoms with E-state index in [-0.39, 0.29) is 17.7 Å². The smallest absolute Gasteiger partial charge is 0.352 e. The number of rotatable bonds is 5. The van der Waals surface area contributed by atoms with Gasteiger partial charge >= 0.3 is 5.97 Å². The highest BCUT2D eigenvalue weighted by Crippen LogP contribution is 2.34. The van der Waals surface area contributed by atoms with Gasteiger partial charge in [-0.25, -0.2) is 4.79 Å². The Kier molecular flexibility index (Phi) is 3.96. The van der Waals surface area contributed by atoms with Crippen LogP contribution in [0.1, 0.15) is 31.9 Å². The lowest BCUT2D eigenvalue weighted by molar-refractivity contribution is -0.132. The molecule has 2 N–H and O–H groups in total. The van der Waals surface area contributed by atoms with Crippen LogP contribution in [0.3, 0.4) is 0 Å². The number of para-hydroxylation sites is 1. The topological polar surface area (TPSA) is 102 Å². The molecule has 2 atom stereocenters. The van der Waals surface area contributed by atoms with E-state index < -0.39 is 12.0 Å². The highest BCUT2D eigenvalue weighted by atomic mass is 16.5. The quantitative estimate of drug-likeness (QED) is 0.867. The number of aliphatic carboxylic acids is 1. The number of carboxylic acid groups (broad SMARTS) is 1. The monoisotopic (exact) mass is 315 g/mol. The second kappa shape index (κ2) is 6.07. The fourth-order valence-electron chi connectivity index (χ4n) is 2.33. The largest absolute Gasteiger partial charge is 0.490 e. The number of nitrogens with one attached hydrogen (secondary N) is 1. The fraction of sp³-hybridized carbons (Fsp3) is 0.333. The summed E-state index contributed by atoms with van der Waals surface area (Å²) >= 11 is 0. The normalized spacial score (nSPS) is 17.7. The Bertz CT molecular complexity index is 755. The Morgan fingerprint density at radius 3 is 3.00 bits per heavy atom. The van der Waals surface area contributed by atoms with Crippen LogP contribution < -0.4 is 10.1 Å². The number of carboxylic acids is 1. The molecule has 3 rings (SSSR count). The molecular weight excluding hydrogens is 298 g/mol. The van der Waals surface area contributed by atoms with Gasteiger partial charge in [-0.3, -0.25) is 0 Å². The minimum Gasteiger partial charge on any atom is -0.490 e. The first-order valence-corrected chi connectivity index (χ1v) is 7.35. The van der Waals surface area contributed by atoms with E-state index in [1.807, 2.05) is 38.1 Å². The lowest BCUT2D eigenvalue weighted by atomic mass is 10.0. The summed E-state index contributed by atoms with van der Waals surface area (Å²) in [5.41, 5.74) is 0.845. The van der Waals surface area contributed by atoms with Crippen molar-refractivity contribution in [3.05, 3.63) is 41.6 Å². The summed E-state index contributed by atoms with van der Waals surface area (Å²) in [5.74, 6) is -0.0889.